The number of carbonyl (C=O) groups excluding carboxylic acids is 1. The zero-order valence-electron chi connectivity index (χ0n) is 13.7. The lowest BCUT2D eigenvalue weighted by atomic mass is 9.56. The largest absolute Gasteiger partial charge is 0.295 e. The van der Waals surface area contributed by atoms with Gasteiger partial charge >= 0.3 is 0 Å². The topological polar surface area (TPSA) is 17.1 Å². The molecule has 3 rings (SSSR count). The van der Waals surface area contributed by atoms with E-state index >= 15 is 0 Å². The number of allylic oxidation sites excluding steroid dienone is 6. The van der Waals surface area contributed by atoms with Crippen LogP contribution in [0.2, 0.25) is 0 Å². The molecule has 0 radical (unpaired) electrons. The smallest absolute Gasteiger partial charge is 0.156 e. The summed E-state index contributed by atoms with van der Waals surface area (Å²) >= 11 is 0. The maximum atomic E-state index is 11.7. The second-order valence-corrected chi connectivity index (χ2v) is 7.00. The molecular formula is C20H28O. The fourth-order valence-corrected chi connectivity index (χ4v) is 5.13. The first-order chi connectivity index (χ1) is 10.1. The van der Waals surface area contributed by atoms with Crippen molar-refractivity contribution in [2.45, 2.75) is 65.7 Å². The molecule has 1 nitrogen and oxygen atoms in total. The Morgan fingerprint density at radius 2 is 1.90 bits per heavy atom. The van der Waals surface area contributed by atoms with Crippen LogP contribution in [-0.2, 0) is 4.79 Å². The molecule has 0 aromatic carbocycles. The molecule has 3 aliphatic carbocycles. The lowest BCUT2D eigenvalue weighted by Crippen LogP contribution is -2.38. The molecule has 2 atom stereocenters. The molecule has 0 saturated heterocycles. The minimum absolute atomic E-state index is 0.330. The molecule has 0 saturated carbocycles. The van der Waals surface area contributed by atoms with Gasteiger partial charge in [-0.3, -0.25) is 4.79 Å². The monoisotopic (exact) mass is 284 g/mol. The summed E-state index contributed by atoms with van der Waals surface area (Å²) in [4.78, 5) is 11.7. The zero-order valence-corrected chi connectivity index (χ0v) is 13.7. The second kappa shape index (κ2) is 5.59. The Bertz CT molecular complexity index is 528. The van der Waals surface area contributed by atoms with Crippen LogP contribution < -0.4 is 0 Å². The van der Waals surface area contributed by atoms with Gasteiger partial charge in [0.15, 0.2) is 5.78 Å². The van der Waals surface area contributed by atoms with Gasteiger partial charge in [-0.05, 0) is 72.2 Å². The molecule has 0 N–H and O–H groups in total. The van der Waals surface area contributed by atoms with Gasteiger partial charge in [0.25, 0.3) is 0 Å². The number of fused-ring (bicyclic) bond motifs is 2. The molecule has 0 bridgehead atoms. The number of rotatable bonds is 3. The molecule has 0 aliphatic heterocycles. The average molecular weight is 284 g/mol. The molecule has 114 valence electrons. The molecule has 0 aromatic heterocycles. The summed E-state index contributed by atoms with van der Waals surface area (Å²) in [7, 11) is 0. The van der Waals surface area contributed by atoms with Crippen molar-refractivity contribution in [3.05, 3.63) is 34.9 Å². The Hall–Kier alpha value is -1.11. The van der Waals surface area contributed by atoms with E-state index in [0.717, 1.165) is 24.7 Å². The van der Waals surface area contributed by atoms with Crippen LogP contribution in [0.5, 0.6) is 0 Å². The van der Waals surface area contributed by atoms with Crippen molar-refractivity contribution in [1.29, 1.82) is 0 Å². The van der Waals surface area contributed by atoms with Crippen LogP contribution in [0.4, 0.5) is 0 Å². The first kappa shape index (κ1) is 14.8. The summed E-state index contributed by atoms with van der Waals surface area (Å²) < 4.78 is 0. The van der Waals surface area contributed by atoms with Crippen molar-refractivity contribution in [2.24, 2.45) is 17.3 Å². The molecule has 0 amide bonds. The molecule has 0 spiro atoms. The number of ketones is 1. The Labute approximate surface area is 129 Å². The third-order valence-corrected chi connectivity index (χ3v) is 6.39. The highest BCUT2D eigenvalue weighted by molar-refractivity contribution is 5.93. The zero-order chi connectivity index (χ0) is 15.0. The first-order valence-corrected chi connectivity index (χ1v) is 8.81. The van der Waals surface area contributed by atoms with Gasteiger partial charge in [0.05, 0.1) is 0 Å². The highest BCUT2D eigenvalue weighted by atomic mass is 16.1. The SMILES string of the molecule is CC[C@H]1[C@@H]2CCC3=CC(=O)CCC3=C2C=CC1(CC)CC. The van der Waals surface area contributed by atoms with Gasteiger partial charge in [-0.15, -0.1) is 0 Å². The molecule has 21 heavy (non-hydrogen) atoms. The lowest BCUT2D eigenvalue weighted by Gasteiger charge is -2.48. The van der Waals surface area contributed by atoms with Crippen LogP contribution in [0.15, 0.2) is 34.9 Å². The van der Waals surface area contributed by atoms with Gasteiger partial charge in [-0.1, -0.05) is 39.3 Å². The van der Waals surface area contributed by atoms with E-state index in [9.17, 15) is 4.79 Å². The van der Waals surface area contributed by atoms with Gasteiger partial charge in [0.1, 0.15) is 0 Å². The quantitative estimate of drug-likeness (QED) is 0.679. The van der Waals surface area contributed by atoms with E-state index in [4.69, 9.17) is 0 Å². The Morgan fingerprint density at radius 1 is 1.14 bits per heavy atom. The third-order valence-electron chi connectivity index (χ3n) is 6.39. The van der Waals surface area contributed by atoms with Crippen LogP contribution in [0.3, 0.4) is 0 Å². The summed E-state index contributed by atoms with van der Waals surface area (Å²) in [5.41, 5.74) is 4.83. The summed E-state index contributed by atoms with van der Waals surface area (Å²) in [6, 6.07) is 0. The summed E-state index contributed by atoms with van der Waals surface area (Å²) in [5.74, 6) is 1.83. The van der Waals surface area contributed by atoms with Crippen molar-refractivity contribution in [2.75, 3.05) is 0 Å². The summed E-state index contributed by atoms with van der Waals surface area (Å²) in [5, 5.41) is 0. The van der Waals surface area contributed by atoms with Gasteiger partial charge in [-0.2, -0.15) is 0 Å². The molecule has 0 fully saturated rings. The van der Waals surface area contributed by atoms with Gasteiger partial charge in [0, 0.05) is 6.42 Å². The van der Waals surface area contributed by atoms with Gasteiger partial charge < -0.3 is 0 Å². The van der Waals surface area contributed by atoms with E-state index in [0.29, 0.717) is 17.6 Å². The maximum Gasteiger partial charge on any atom is 0.156 e. The predicted octanol–water partition coefficient (Wildman–Crippen LogP) is 5.38. The van der Waals surface area contributed by atoms with Gasteiger partial charge in [0.2, 0.25) is 0 Å². The molecule has 3 aliphatic rings. The highest BCUT2D eigenvalue weighted by Crippen LogP contribution is 2.54. The fraction of sp³-hybridized carbons (Fsp3) is 0.650. The van der Waals surface area contributed by atoms with E-state index < -0.39 is 0 Å². The van der Waals surface area contributed by atoms with Crippen molar-refractivity contribution in [1.82, 2.24) is 0 Å². The fourth-order valence-electron chi connectivity index (χ4n) is 5.13. The molecule has 1 heteroatoms. The van der Waals surface area contributed by atoms with Crippen molar-refractivity contribution < 1.29 is 4.79 Å². The molecule has 0 unspecified atom stereocenters. The van der Waals surface area contributed by atoms with E-state index in [1.54, 1.807) is 5.57 Å². The number of hydrogen-bond donors (Lipinski definition) is 0. The molecule has 0 aromatic rings. The minimum Gasteiger partial charge on any atom is -0.295 e. The van der Waals surface area contributed by atoms with Gasteiger partial charge in [-0.25, -0.2) is 0 Å². The number of carbonyl (C=O) groups is 1. The Kier molecular flexibility index (Phi) is 3.94. The maximum absolute atomic E-state index is 11.7. The molecule has 0 heterocycles. The standard InChI is InChI=1S/C20H28O/c1-4-19-18-9-7-14-13-15(21)8-10-16(14)17(18)11-12-20(19,5-2)6-3/h11-13,18-19H,4-10H2,1-3H3/t18-,19+/m1/s1. The van der Waals surface area contributed by atoms with Crippen LogP contribution in [-0.4, -0.2) is 5.78 Å². The molecular weight excluding hydrogens is 256 g/mol. The van der Waals surface area contributed by atoms with Crippen LogP contribution in [0.25, 0.3) is 0 Å². The summed E-state index contributed by atoms with van der Waals surface area (Å²) in [6.45, 7) is 7.06. The van der Waals surface area contributed by atoms with E-state index in [1.165, 1.54) is 36.8 Å². The Balaban J connectivity index is 2.08. The van der Waals surface area contributed by atoms with Crippen molar-refractivity contribution in [3.63, 3.8) is 0 Å². The van der Waals surface area contributed by atoms with E-state index in [2.05, 4.69) is 32.9 Å². The average Bonchev–Trinajstić information content (AvgIpc) is 2.52. The normalized spacial score (nSPS) is 30.8. The number of hydrogen-bond acceptors (Lipinski definition) is 1. The van der Waals surface area contributed by atoms with Crippen LogP contribution >= 0.6 is 0 Å². The highest BCUT2D eigenvalue weighted by Gasteiger charge is 2.43. The Morgan fingerprint density at radius 3 is 2.57 bits per heavy atom. The lowest BCUT2D eigenvalue weighted by molar-refractivity contribution is -0.114. The van der Waals surface area contributed by atoms with E-state index in [1.807, 2.05) is 6.08 Å². The van der Waals surface area contributed by atoms with Crippen molar-refractivity contribution in [3.8, 4) is 0 Å². The summed E-state index contributed by atoms with van der Waals surface area (Å²) in [6.07, 6.45) is 14.7. The minimum atomic E-state index is 0.330. The van der Waals surface area contributed by atoms with Crippen LogP contribution in [0, 0.1) is 17.3 Å². The third kappa shape index (κ3) is 2.25. The van der Waals surface area contributed by atoms with E-state index in [-0.39, 0.29) is 0 Å². The predicted molar refractivity (Wildman–Crippen MR) is 88.0 cm³/mol. The van der Waals surface area contributed by atoms with Crippen molar-refractivity contribution >= 4 is 5.78 Å². The second-order valence-electron chi connectivity index (χ2n) is 7.00. The first-order valence-electron chi connectivity index (χ1n) is 8.81. The van der Waals surface area contributed by atoms with Crippen LogP contribution in [0.1, 0.15) is 65.7 Å².